The quantitative estimate of drug-likeness (QED) is 0.673. The van der Waals surface area contributed by atoms with Crippen molar-refractivity contribution >= 4 is 31.9 Å². The van der Waals surface area contributed by atoms with Gasteiger partial charge in [0.25, 0.3) is 6.43 Å². The topological polar surface area (TPSA) is 12.9 Å². The maximum Gasteiger partial charge on any atom is 0.419 e. The van der Waals surface area contributed by atoms with Gasteiger partial charge >= 0.3 is 6.18 Å². The first kappa shape index (κ1) is 12.8. The lowest BCUT2D eigenvalue weighted by atomic mass is 10.2. The van der Waals surface area contributed by atoms with Crippen LogP contribution in [-0.4, -0.2) is 4.98 Å². The molecule has 0 aliphatic rings. The van der Waals surface area contributed by atoms with Gasteiger partial charge in [-0.1, -0.05) is 0 Å². The van der Waals surface area contributed by atoms with Gasteiger partial charge in [-0.25, -0.2) is 8.78 Å². The molecule has 15 heavy (non-hydrogen) atoms. The molecule has 1 nitrogen and oxygen atoms in total. The lowest BCUT2D eigenvalue weighted by Crippen LogP contribution is -2.12. The third-order valence-electron chi connectivity index (χ3n) is 1.49. The highest BCUT2D eigenvalue weighted by Gasteiger charge is 2.39. The van der Waals surface area contributed by atoms with Gasteiger partial charge in [0, 0.05) is 10.7 Å². The third kappa shape index (κ3) is 2.66. The van der Waals surface area contributed by atoms with Gasteiger partial charge in [-0.2, -0.15) is 13.2 Å². The second kappa shape index (κ2) is 4.32. The van der Waals surface area contributed by atoms with E-state index < -0.39 is 28.3 Å². The zero-order chi connectivity index (χ0) is 11.8. The van der Waals surface area contributed by atoms with E-state index in [2.05, 4.69) is 36.8 Å². The Hall–Kier alpha value is -0.240. The standard InChI is InChI=1S/C7H2Br2F5N/c8-2-1-15-5(6(10)11)3(4(2)9)7(12,13)14/h1,6H. The fourth-order valence-electron chi connectivity index (χ4n) is 0.914. The monoisotopic (exact) mass is 353 g/mol. The molecule has 0 bridgehead atoms. The third-order valence-corrected chi connectivity index (χ3v) is 3.45. The lowest BCUT2D eigenvalue weighted by Gasteiger charge is -2.14. The Morgan fingerprint density at radius 2 is 1.73 bits per heavy atom. The van der Waals surface area contributed by atoms with E-state index in [0.717, 1.165) is 6.20 Å². The summed E-state index contributed by atoms with van der Waals surface area (Å²) in [7, 11) is 0. The number of hydrogen-bond acceptors (Lipinski definition) is 1. The SMILES string of the molecule is FC(F)c1ncc(Br)c(Br)c1C(F)(F)F. The zero-order valence-electron chi connectivity index (χ0n) is 6.75. The molecule has 0 fully saturated rings. The Morgan fingerprint density at radius 3 is 2.13 bits per heavy atom. The minimum Gasteiger partial charge on any atom is -0.253 e. The minimum atomic E-state index is -4.87. The maximum absolute atomic E-state index is 12.4. The maximum atomic E-state index is 12.4. The van der Waals surface area contributed by atoms with Crippen molar-refractivity contribution in [3.63, 3.8) is 0 Å². The molecule has 0 radical (unpaired) electrons. The van der Waals surface area contributed by atoms with Gasteiger partial charge in [0.15, 0.2) is 0 Å². The van der Waals surface area contributed by atoms with Crippen molar-refractivity contribution in [1.82, 2.24) is 4.98 Å². The molecular weight excluding hydrogens is 353 g/mol. The smallest absolute Gasteiger partial charge is 0.253 e. The van der Waals surface area contributed by atoms with Gasteiger partial charge in [0.05, 0.1) is 10.0 Å². The number of halogens is 7. The molecule has 0 amide bonds. The van der Waals surface area contributed by atoms with E-state index in [1.165, 1.54) is 0 Å². The first-order chi connectivity index (χ1) is 6.75. The first-order valence-corrected chi connectivity index (χ1v) is 5.03. The first-order valence-electron chi connectivity index (χ1n) is 3.44. The summed E-state index contributed by atoms with van der Waals surface area (Å²) in [6.45, 7) is 0. The van der Waals surface area contributed by atoms with Gasteiger partial charge in [0.1, 0.15) is 5.69 Å². The Balaban J connectivity index is 3.49. The van der Waals surface area contributed by atoms with Crippen LogP contribution < -0.4 is 0 Å². The van der Waals surface area contributed by atoms with Gasteiger partial charge in [-0.05, 0) is 31.9 Å². The Labute approximate surface area is 97.9 Å². The molecule has 0 aromatic carbocycles. The summed E-state index contributed by atoms with van der Waals surface area (Å²) < 4.78 is 61.3. The second-order valence-corrected chi connectivity index (χ2v) is 4.13. The molecule has 1 rings (SSSR count). The summed E-state index contributed by atoms with van der Waals surface area (Å²) in [4.78, 5) is 3.06. The van der Waals surface area contributed by atoms with Crippen molar-refractivity contribution in [2.45, 2.75) is 12.6 Å². The molecule has 0 aliphatic heterocycles. The van der Waals surface area contributed by atoms with Crippen LogP contribution in [0, 0.1) is 0 Å². The average molecular weight is 355 g/mol. The predicted octanol–water partition coefficient (Wildman–Crippen LogP) is 4.56. The van der Waals surface area contributed by atoms with E-state index in [4.69, 9.17) is 0 Å². The summed E-state index contributed by atoms with van der Waals surface area (Å²) >= 11 is 5.36. The molecule has 0 N–H and O–H groups in total. The number of hydrogen-bond donors (Lipinski definition) is 0. The molecule has 0 aliphatic carbocycles. The zero-order valence-corrected chi connectivity index (χ0v) is 9.92. The molecular formula is C7H2Br2F5N. The molecule has 0 saturated carbocycles. The van der Waals surface area contributed by atoms with Crippen molar-refractivity contribution in [3.8, 4) is 0 Å². The fraction of sp³-hybridized carbons (Fsp3) is 0.286. The van der Waals surface area contributed by atoms with E-state index in [-0.39, 0.29) is 4.47 Å². The van der Waals surface area contributed by atoms with Crippen molar-refractivity contribution in [1.29, 1.82) is 0 Å². The van der Waals surface area contributed by atoms with Crippen molar-refractivity contribution < 1.29 is 22.0 Å². The normalized spacial score (nSPS) is 12.3. The van der Waals surface area contributed by atoms with Crippen LogP contribution in [0.25, 0.3) is 0 Å². The molecule has 1 aromatic heterocycles. The van der Waals surface area contributed by atoms with Crippen LogP contribution >= 0.6 is 31.9 Å². The van der Waals surface area contributed by atoms with Gasteiger partial charge in [-0.15, -0.1) is 0 Å². The lowest BCUT2D eigenvalue weighted by molar-refractivity contribution is -0.140. The molecule has 1 aromatic rings. The van der Waals surface area contributed by atoms with Crippen molar-refractivity contribution in [2.75, 3.05) is 0 Å². The molecule has 1 heterocycles. The van der Waals surface area contributed by atoms with Crippen LogP contribution in [0.4, 0.5) is 22.0 Å². The van der Waals surface area contributed by atoms with Gasteiger partial charge in [0.2, 0.25) is 0 Å². The predicted molar refractivity (Wildman–Crippen MR) is 49.6 cm³/mol. The molecule has 84 valence electrons. The largest absolute Gasteiger partial charge is 0.419 e. The van der Waals surface area contributed by atoms with E-state index in [0.29, 0.717) is 0 Å². The minimum absolute atomic E-state index is 0.0285. The summed E-state index contributed by atoms with van der Waals surface area (Å²) in [6.07, 6.45) is -7.26. The highest BCUT2D eigenvalue weighted by atomic mass is 79.9. The van der Waals surface area contributed by atoms with Crippen LogP contribution in [-0.2, 0) is 6.18 Å². The molecule has 0 saturated heterocycles. The van der Waals surface area contributed by atoms with Crippen LogP contribution in [0.15, 0.2) is 15.1 Å². The number of aromatic nitrogens is 1. The van der Waals surface area contributed by atoms with E-state index in [9.17, 15) is 22.0 Å². The molecule has 0 spiro atoms. The van der Waals surface area contributed by atoms with E-state index >= 15 is 0 Å². The fourth-order valence-corrected chi connectivity index (χ4v) is 1.75. The van der Waals surface area contributed by atoms with Crippen LogP contribution in [0.5, 0.6) is 0 Å². The summed E-state index contributed by atoms with van der Waals surface area (Å²) in [5, 5.41) is 0. The van der Waals surface area contributed by atoms with Crippen LogP contribution in [0.3, 0.4) is 0 Å². The summed E-state index contributed by atoms with van der Waals surface area (Å²) in [6, 6.07) is 0. The highest BCUT2D eigenvalue weighted by Crippen LogP contribution is 2.42. The Morgan fingerprint density at radius 1 is 1.20 bits per heavy atom. The Bertz CT molecular complexity index is 376. The summed E-state index contributed by atoms with van der Waals surface area (Å²) in [5.74, 6) is 0. The van der Waals surface area contributed by atoms with Crippen molar-refractivity contribution in [2.24, 2.45) is 0 Å². The highest BCUT2D eigenvalue weighted by molar-refractivity contribution is 9.13. The molecule has 0 unspecified atom stereocenters. The summed E-state index contributed by atoms with van der Waals surface area (Å²) in [5.41, 5.74) is -2.73. The second-order valence-electron chi connectivity index (χ2n) is 2.48. The van der Waals surface area contributed by atoms with Gasteiger partial charge in [-0.3, -0.25) is 4.98 Å². The van der Waals surface area contributed by atoms with Crippen LogP contribution in [0.1, 0.15) is 17.7 Å². The van der Waals surface area contributed by atoms with Crippen LogP contribution in [0.2, 0.25) is 0 Å². The van der Waals surface area contributed by atoms with Gasteiger partial charge < -0.3 is 0 Å². The molecule has 0 atom stereocenters. The Kier molecular flexibility index (Phi) is 3.70. The van der Waals surface area contributed by atoms with Crippen molar-refractivity contribution in [3.05, 3.63) is 26.4 Å². The number of alkyl halides is 5. The number of pyridine rings is 1. The molecule has 8 heteroatoms. The number of rotatable bonds is 1. The van der Waals surface area contributed by atoms with E-state index in [1.54, 1.807) is 0 Å². The van der Waals surface area contributed by atoms with E-state index in [1.807, 2.05) is 0 Å². The average Bonchev–Trinajstić information content (AvgIpc) is 2.06. The number of nitrogens with zero attached hydrogens (tertiary/aromatic N) is 1.